The van der Waals surface area contributed by atoms with E-state index in [0.29, 0.717) is 0 Å². The Morgan fingerprint density at radius 2 is 1.66 bits per heavy atom. The van der Waals surface area contributed by atoms with Gasteiger partial charge in [-0.1, -0.05) is 66.8 Å². The lowest BCUT2D eigenvalue weighted by atomic mass is 9.91. The predicted octanol–water partition coefficient (Wildman–Crippen LogP) is 4.88. The number of pyridine rings is 1. The zero-order valence-corrected chi connectivity index (χ0v) is 18.7. The molecule has 144 valence electrons. The van der Waals surface area contributed by atoms with Crippen LogP contribution in [0.5, 0.6) is 11.5 Å². The van der Waals surface area contributed by atoms with E-state index in [4.69, 9.17) is 4.74 Å². The van der Waals surface area contributed by atoms with Crippen molar-refractivity contribution >= 4 is 29.2 Å². The SMILES string of the molecule is Cc1cc2cccc3c2c(c1C)-c1c(c([Si](C)(C)c2ccccc2)cc[n+]1C)O3. The fourth-order valence-electron chi connectivity index (χ4n) is 4.67. The van der Waals surface area contributed by atoms with Crippen molar-refractivity contribution in [3.8, 4) is 22.8 Å². The first-order valence-corrected chi connectivity index (χ1v) is 13.2. The van der Waals surface area contributed by atoms with Crippen molar-refractivity contribution in [2.45, 2.75) is 26.9 Å². The zero-order chi connectivity index (χ0) is 20.3. The van der Waals surface area contributed by atoms with Crippen LogP contribution in [-0.2, 0) is 7.05 Å². The Hall–Kier alpha value is -2.91. The molecule has 1 aromatic heterocycles. The number of ether oxygens (including phenoxy) is 1. The van der Waals surface area contributed by atoms with Crippen molar-refractivity contribution in [1.82, 2.24) is 0 Å². The van der Waals surface area contributed by atoms with Crippen LogP contribution in [0, 0.1) is 13.8 Å². The molecule has 0 spiro atoms. The lowest BCUT2D eigenvalue weighted by molar-refractivity contribution is -0.660. The van der Waals surface area contributed by atoms with Gasteiger partial charge in [0.2, 0.25) is 0 Å². The lowest BCUT2D eigenvalue weighted by Crippen LogP contribution is -2.54. The summed E-state index contributed by atoms with van der Waals surface area (Å²) < 4.78 is 8.91. The van der Waals surface area contributed by atoms with Crippen LogP contribution < -0.4 is 19.7 Å². The fourth-order valence-corrected chi connectivity index (χ4v) is 7.24. The van der Waals surface area contributed by atoms with Crippen molar-refractivity contribution in [1.29, 1.82) is 0 Å². The van der Waals surface area contributed by atoms with E-state index >= 15 is 0 Å². The van der Waals surface area contributed by atoms with Crippen molar-refractivity contribution < 1.29 is 9.30 Å². The van der Waals surface area contributed by atoms with Crippen molar-refractivity contribution in [2.75, 3.05) is 0 Å². The van der Waals surface area contributed by atoms with E-state index in [1.54, 1.807) is 0 Å². The summed E-state index contributed by atoms with van der Waals surface area (Å²) >= 11 is 0. The normalized spacial score (nSPS) is 12.6. The summed E-state index contributed by atoms with van der Waals surface area (Å²) in [6.07, 6.45) is 2.21. The van der Waals surface area contributed by atoms with Crippen molar-refractivity contribution in [3.05, 3.63) is 78.0 Å². The minimum Gasteiger partial charge on any atom is -0.450 e. The smallest absolute Gasteiger partial charge is 0.256 e. The Labute approximate surface area is 173 Å². The summed E-state index contributed by atoms with van der Waals surface area (Å²) in [5.74, 6) is 2.00. The van der Waals surface area contributed by atoms with Crippen LogP contribution in [0.1, 0.15) is 11.1 Å². The molecule has 0 fully saturated rings. The molecule has 3 aromatic carbocycles. The highest BCUT2D eigenvalue weighted by Crippen LogP contribution is 2.46. The molecule has 0 radical (unpaired) electrons. The Balaban J connectivity index is 1.88. The van der Waals surface area contributed by atoms with Gasteiger partial charge in [0.15, 0.2) is 11.9 Å². The molecule has 0 amide bonds. The molecule has 0 atom stereocenters. The maximum Gasteiger partial charge on any atom is 0.256 e. The molecule has 2 heterocycles. The van der Waals surface area contributed by atoms with Crippen LogP contribution in [0.15, 0.2) is 66.9 Å². The number of benzene rings is 3. The molecule has 1 aliphatic heterocycles. The van der Waals surface area contributed by atoms with E-state index in [9.17, 15) is 0 Å². The Kier molecular flexibility index (Phi) is 3.94. The first-order chi connectivity index (χ1) is 13.9. The number of hydrogen-bond donors (Lipinski definition) is 0. The zero-order valence-electron chi connectivity index (χ0n) is 17.7. The van der Waals surface area contributed by atoms with E-state index < -0.39 is 8.07 Å². The Bertz CT molecular complexity index is 1280. The minimum absolute atomic E-state index is 0.971. The number of hydrogen-bond acceptors (Lipinski definition) is 1. The molecule has 0 unspecified atom stereocenters. The molecule has 0 aliphatic carbocycles. The monoisotopic (exact) mass is 396 g/mol. The van der Waals surface area contributed by atoms with Crippen LogP contribution in [0.2, 0.25) is 13.1 Å². The van der Waals surface area contributed by atoms with Crippen LogP contribution >= 0.6 is 0 Å². The maximum absolute atomic E-state index is 6.68. The second kappa shape index (κ2) is 6.29. The van der Waals surface area contributed by atoms with Crippen LogP contribution in [0.25, 0.3) is 22.0 Å². The maximum atomic E-state index is 6.68. The number of fused-ring (bicyclic) bond motifs is 2. The number of nitrogens with zero attached hydrogens (tertiary/aromatic N) is 1. The second-order valence-electron chi connectivity index (χ2n) is 8.66. The van der Waals surface area contributed by atoms with Gasteiger partial charge in [0, 0.05) is 11.5 Å². The van der Waals surface area contributed by atoms with Crippen molar-refractivity contribution in [2.24, 2.45) is 7.05 Å². The molecule has 2 nitrogen and oxygen atoms in total. The molecule has 1 aliphatic rings. The summed E-state index contributed by atoms with van der Waals surface area (Å²) in [6, 6.07) is 21.8. The molecule has 0 bridgehead atoms. The van der Waals surface area contributed by atoms with Crippen LogP contribution in [0.4, 0.5) is 0 Å². The summed E-state index contributed by atoms with van der Waals surface area (Å²) in [5.41, 5.74) is 5.17. The predicted molar refractivity (Wildman–Crippen MR) is 123 cm³/mol. The van der Waals surface area contributed by atoms with Gasteiger partial charge in [-0.2, -0.15) is 4.57 Å². The van der Waals surface area contributed by atoms with Gasteiger partial charge < -0.3 is 4.74 Å². The number of aryl methyl sites for hydroxylation is 2. The largest absolute Gasteiger partial charge is 0.450 e. The topological polar surface area (TPSA) is 13.1 Å². The van der Waals surface area contributed by atoms with E-state index in [0.717, 1.165) is 11.5 Å². The fraction of sp³-hybridized carbons (Fsp3) is 0.192. The van der Waals surface area contributed by atoms with Crippen molar-refractivity contribution in [3.63, 3.8) is 0 Å². The highest BCUT2D eigenvalue weighted by Gasteiger charge is 2.38. The first kappa shape index (κ1) is 18.1. The molecule has 4 aromatic rings. The summed E-state index contributed by atoms with van der Waals surface area (Å²) in [4.78, 5) is 0. The van der Waals surface area contributed by atoms with Gasteiger partial charge in [-0.05, 0) is 41.6 Å². The minimum atomic E-state index is -1.93. The standard InChI is InChI=1S/C26H26NOSi/c1-17-16-19-10-9-13-21-24(19)23(18(17)2)25-26(28-21)22(14-15-27(25)3)29(4,5)20-11-7-6-8-12-20/h6-16H,1-5H3/q+1. The Morgan fingerprint density at radius 3 is 2.41 bits per heavy atom. The van der Waals surface area contributed by atoms with Gasteiger partial charge in [-0.15, -0.1) is 0 Å². The van der Waals surface area contributed by atoms with Gasteiger partial charge in [-0.25, -0.2) is 0 Å². The summed E-state index contributed by atoms with van der Waals surface area (Å²) in [7, 11) is 0.198. The summed E-state index contributed by atoms with van der Waals surface area (Å²) in [5, 5.41) is 5.25. The van der Waals surface area contributed by atoms with Crippen LogP contribution in [0.3, 0.4) is 0 Å². The third-order valence-corrected chi connectivity index (χ3v) is 10.1. The second-order valence-corrected chi connectivity index (χ2v) is 13.0. The molecule has 3 heteroatoms. The van der Waals surface area contributed by atoms with E-state index in [-0.39, 0.29) is 0 Å². The summed E-state index contributed by atoms with van der Waals surface area (Å²) in [6.45, 7) is 9.28. The number of aromatic nitrogens is 1. The number of rotatable bonds is 2. The van der Waals surface area contributed by atoms with E-state index in [2.05, 4.69) is 105 Å². The van der Waals surface area contributed by atoms with E-state index in [1.807, 2.05) is 0 Å². The van der Waals surface area contributed by atoms with Gasteiger partial charge in [0.1, 0.15) is 20.9 Å². The van der Waals surface area contributed by atoms with Gasteiger partial charge in [0.25, 0.3) is 5.69 Å². The lowest BCUT2D eigenvalue weighted by Gasteiger charge is -2.29. The van der Waals surface area contributed by atoms with E-state index in [1.165, 1.54) is 43.5 Å². The third-order valence-electron chi connectivity index (χ3n) is 6.54. The molecule has 29 heavy (non-hydrogen) atoms. The van der Waals surface area contributed by atoms with Gasteiger partial charge >= 0.3 is 0 Å². The Morgan fingerprint density at radius 1 is 0.897 bits per heavy atom. The molecule has 0 N–H and O–H groups in total. The molecule has 5 rings (SSSR count). The first-order valence-electron chi connectivity index (χ1n) is 10.2. The quantitative estimate of drug-likeness (QED) is 0.306. The third kappa shape index (κ3) is 2.57. The molecular formula is C26H26NOSi+. The molecular weight excluding hydrogens is 370 g/mol. The highest BCUT2D eigenvalue weighted by molar-refractivity contribution is 7.01. The van der Waals surface area contributed by atoms with Gasteiger partial charge in [0.05, 0.1) is 5.56 Å². The molecule has 0 saturated heterocycles. The highest BCUT2D eigenvalue weighted by atomic mass is 28.3. The van der Waals surface area contributed by atoms with Crippen LogP contribution in [-0.4, -0.2) is 8.07 Å². The average molecular weight is 397 g/mol. The van der Waals surface area contributed by atoms with Gasteiger partial charge in [-0.3, -0.25) is 0 Å². The molecule has 0 saturated carbocycles. The average Bonchev–Trinajstić information content (AvgIpc) is 2.72.